The summed E-state index contributed by atoms with van der Waals surface area (Å²) in [7, 11) is 1.65. The highest BCUT2D eigenvalue weighted by Gasteiger charge is 2.33. The molecule has 0 aromatic heterocycles. The standard InChI is InChI=1S/C30H33NO4/c1-34-21-28(24-12-6-3-7-13-24)31-29(32)27-15-9-8-14-26(27)23-16-18-25(19-17-23)30(33)35-20-22-10-4-2-5-11-22/h2-7,10-13,16-19,26-28H,8-9,14-15,20-21H2,1H3,(H,31,32)/t26-,27?,28+/m1/s1. The number of carbonyl (C=O) groups excluding carboxylic acids is 2. The van der Waals surface area contributed by atoms with Gasteiger partial charge in [0.05, 0.1) is 18.2 Å². The number of esters is 1. The lowest BCUT2D eigenvalue weighted by molar-refractivity contribution is -0.127. The van der Waals surface area contributed by atoms with Crippen LogP contribution in [0.3, 0.4) is 0 Å². The van der Waals surface area contributed by atoms with Crippen molar-refractivity contribution in [2.75, 3.05) is 13.7 Å². The molecule has 1 aliphatic carbocycles. The van der Waals surface area contributed by atoms with Crippen molar-refractivity contribution in [3.8, 4) is 0 Å². The second-order valence-electron chi connectivity index (χ2n) is 9.11. The predicted molar refractivity (Wildman–Crippen MR) is 136 cm³/mol. The van der Waals surface area contributed by atoms with Gasteiger partial charge >= 0.3 is 5.97 Å². The average molecular weight is 472 g/mol. The van der Waals surface area contributed by atoms with E-state index in [1.807, 2.05) is 84.9 Å². The summed E-state index contributed by atoms with van der Waals surface area (Å²) in [5, 5.41) is 3.23. The molecule has 1 saturated carbocycles. The minimum atomic E-state index is -0.344. The second kappa shape index (κ2) is 12.3. The molecule has 35 heavy (non-hydrogen) atoms. The van der Waals surface area contributed by atoms with Crippen molar-refractivity contribution in [1.82, 2.24) is 5.32 Å². The molecule has 4 rings (SSSR count). The molecule has 3 atom stereocenters. The Labute approximate surface area is 207 Å². The third-order valence-corrected chi connectivity index (χ3v) is 6.74. The van der Waals surface area contributed by atoms with Crippen LogP contribution in [0.2, 0.25) is 0 Å². The third kappa shape index (κ3) is 6.58. The van der Waals surface area contributed by atoms with Gasteiger partial charge in [0, 0.05) is 13.0 Å². The van der Waals surface area contributed by atoms with Crippen molar-refractivity contribution in [2.45, 2.75) is 44.2 Å². The van der Waals surface area contributed by atoms with E-state index in [1.54, 1.807) is 7.11 Å². The number of hydrogen-bond acceptors (Lipinski definition) is 4. The first kappa shape index (κ1) is 24.7. The molecule has 182 valence electrons. The Balaban J connectivity index is 1.42. The lowest BCUT2D eigenvalue weighted by atomic mass is 9.74. The SMILES string of the molecule is COC[C@H](NC(=O)C1CCCC[C@@H]1c1ccc(C(=O)OCc2ccccc2)cc1)c1ccccc1. The van der Waals surface area contributed by atoms with Crippen LogP contribution in [0.15, 0.2) is 84.9 Å². The normalized spacial score (nSPS) is 18.4. The first-order valence-corrected chi connectivity index (χ1v) is 12.3. The smallest absolute Gasteiger partial charge is 0.338 e. The summed E-state index contributed by atoms with van der Waals surface area (Å²) < 4.78 is 10.8. The minimum Gasteiger partial charge on any atom is -0.457 e. The fraction of sp³-hybridized carbons (Fsp3) is 0.333. The number of hydrogen-bond donors (Lipinski definition) is 1. The summed E-state index contributed by atoms with van der Waals surface area (Å²) in [6.45, 7) is 0.670. The van der Waals surface area contributed by atoms with Crippen LogP contribution in [0.1, 0.15) is 64.7 Å². The molecule has 5 nitrogen and oxygen atoms in total. The first-order chi connectivity index (χ1) is 17.2. The van der Waals surface area contributed by atoms with Crippen LogP contribution < -0.4 is 5.32 Å². The van der Waals surface area contributed by atoms with Gasteiger partial charge in [-0.1, -0.05) is 85.6 Å². The molecule has 0 heterocycles. The topological polar surface area (TPSA) is 64.6 Å². The molecule has 1 N–H and O–H groups in total. The molecular weight excluding hydrogens is 438 g/mol. The van der Waals surface area contributed by atoms with E-state index >= 15 is 0 Å². The number of amides is 1. The molecule has 0 saturated heterocycles. The van der Waals surface area contributed by atoms with E-state index in [0.717, 1.165) is 42.4 Å². The molecule has 1 fully saturated rings. The minimum absolute atomic E-state index is 0.0620. The van der Waals surface area contributed by atoms with Crippen LogP contribution >= 0.6 is 0 Å². The zero-order valence-corrected chi connectivity index (χ0v) is 20.2. The number of nitrogens with one attached hydrogen (secondary N) is 1. The van der Waals surface area contributed by atoms with E-state index in [2.05, 4.69) is 5.32 Å². The number of methoxy groups -OCH3 is 1. The largest absolute Gasteiger partial charge is 0.457 e. The zero-order valence-electron chi connectivity index (χ0n) is 20.2. The van der Waals surface area contributed by atoms with Crippen molar-refractivity contribution in [3.63, 3.8) is 0 Å². The maximum Gasteiger partial charge on any atom is 0.338 e. The fourth-order valence-electron chi connectivity index (χ4n) is 4.87. The number of carbonyl (C=O) groups is 2. The summed E-state index contributed by atoms with van der Waals surface area (Å²) in [6.07, 6.45) is 3.94. The lowest BCUT2D eigenvalue weighted by Gasteiger charge is -2.32. The molecule has 0 bridgehead atoms. The van der Waals surface area contributed by atoms with Crippen LogP contribution in [0.5, 0.6) is 0 Å². The molecule has 5 heteroatoms. The quantitative estimate of drug-likeness (QED) is 0.399. The van der Waals surface area contributed by atoms with Crippen LogP contribution in [0.25, 0.3) is 0 Å². The van der Waals surface area contributed by atoms with Crippen molar-refractivity contribution < 1.29 is 19.1 Å². The Kier molecular flexibility index (Phi) is 8.68. The number of ether oxygens (including phenoxy) is 2. The van der Waals surface area contributed by atoms with E-state index in [0.29, 0.717) is 12.2 Å². The van der Waals surface area contributed by atoms with Gasteiger partial charge in [0.15, 0.2) is 0 Å². The Hall–Kier alpha value is -3.44. The van der Waals surface area contributed by atoms with Gasteiger partial charge in [-0.15, -0.1) is 0 Å². The van der Waals surface area contributed by atoms with Gasteiger partial charge in [-0.2, -0.15) is 0 Å². The summed E-state index contributed by atoms with van der Waals surface area (Å²) in [6, 6.07) is 27.0. The molecule has 0 spiro atoms. The summed E-state index contributed by atoms with van der Waals surface area (Å²) in [4.78, 5) is 25.9. The van der Waals surface area contributed by atoms with Gasteiger partial charge in [0.1, 0.15) is 6.61 Å². The summed E-state index contributed by atoms with van der Waals surface area (Å²) in [5.41, 5.74) is 3.60. The molecule has 3 aromatic carbocycles. The van der Waals surface area contributed by atoms with E-state index in [1.165, 1.54) is 0 Å². The second-order valence-corrected chi connectivity index (χ2v) is 9.11. The first-order valence-electron chi connectivity index (χ1n) is 12.3. The van der Waals surface area contributed by atoms with Gasteiger partial charge < -0.3 is 14.8 Å². The van der Waals surface area contributed by atoms with Crippen LogP contribution in [0, 0.1) is 5.92 Å². The Morgan fingerprint density at radius 1 is 0.886 bits per heavy atom. The Bertz CT molecular complexity index is 1080. The fourth-order valence-corrected chi connectivity index (χ4v) is 4.87. The lowest BCUT2D eigenvalue weighted by Crippen LogP contribution is -2.39. The highest BCUT2D eigenvalue weighted by Crippen LogP contribution is 2.38. The highest BCUT2D eigenvalue weighted by molar-refractivity contribution is 5.89. The number of benzene rings is 3. The van der Waals surface area contributed by atoms with Crippen molar-refractivity contribution >= 4 is 11.9 Å². The summed E-state index contributed by atoms with van der Waals surface area (Å²) >= 11 is 0. The van der Waals surface area contributed by atoms with Crippen LogP contribution in [0.4, 0.5) is 0 Å². The highest BCUT2D eigenvalue weighted by atomic mass is 16.5. The molecule has 0 aliphatic heterocycles. The average Bonchev–Trinajstić information content (AvgIpc) is 2.92. The molecule has 3 aromatic rings. The number of rotatable bonds is 9. The van der Waals surface area contributed by atoms with E-state index < -0.39 is 0 Å². The predicted octanol–water partition coefficient (Wildman–Crippen LogP) is 5.82. The molecular formula is C30H33NO4. The molecule has 1 aliphatic rings. The van der Waals surface area contributed by atoms with Gasteiger partial charge in [0.2, 0.25) is 5.91 Å². The van der Waals surface area contributed by atoms with Crippen molar-refractivity contribution in [3.05, 3.63) is 107 Å². The van der Waals surface area contributed by atoms with Gasteiger partial charge in [-0.05, 0) is 47.6 Å². The van der Waals surface area contributed by atoms with E-state index in [4.69, 9.17) is 9.47 Å². The molecule has 1 unspecified atom stereocenters. The third-order valence-electron chi connectivity index (χ3n) is 6.74. The summed E-state index contributed by atoms with van der Waals surface area (Å²) in [5.74, 6) is -0.268. The van der Waals surface area contributed by atoms with Crippen molar-refractivity contribution in [2.24, 2.45) is 5.92 Å². The van der Waals surface area contributed by atoms with Crippen molar-refractivity contribution in [1.29, 1.82) is 0 Å². The maximum absolute atomic E-state index is 13.4. The maximum atomic E-state index is 13.4. The van der Waals surface area contributed by atoms with Gasteiger partial charge in [0.25, 0.3) is 0 Å². The Morgan fingerprint density at radius 3 is 2.23 bits per heavy atom. The van der Waals surface area contributed by atoms with Crippen LogP contribution in [-0.2, 0) is 20.9 Å². The van der Waals surface area contributed by atoms with Gasteiger partial charge in [-0.3, -0.25) is 4.79 Å². The van der Waals surface area contributed by atoms with Gasteiger partial charge in [-0.25, -0.2) is 4.79 Å². The van der Waals surface area contributed by atoms with Crippen LogP contribution in [-0.4, -0.2) is 25.6 Å². The monoisotopic (exact) mass is 471 g/mol. The van der Waals surface area contributed by atoms with E-state index in [9.17, 15) is 9.59 Å². The molecule has 0 radical (unpaired) electrons. The molecule has 1 amide bonds. The van der Waals surface area contributed by atoms with E-state index in [-0.39, 0.29) is 36.4 Å². The zero-order chi connectivity index (χ0) is 24.5. The Morgan fingerprint density at radius 2 is 1.54 bits per heavy atom.